The Kier molecular flexibility index (Phi) is 5.62. The van der Waals surface area contributed by atoms with Gasteiger partial charge in [-0.15, -0.1) is 0 Å². The lowest BCUT2D eigenvalue weighted by molar-refractivity contribution is -0.116. The molecule has 0 saturated heterocycles. The van der Waals surface area contributed by atoms with Gasteiger partial charge in [0.25, 0.3) is 0 Å². The van der Waals surface area contributed by atoms with Crippen LogP contribution in [-0.4, -0.2) is 17.3 Å². The van der Waals surface area contributed by atoms with Gasteiger partial charge in [-0.25, -0.2) is 8.78 Å². The minimum atomic E-state index is -0.646. The molecule has 1 rings (SSSR count). The van der Waals surface area contributed by atoms with Crippen LogP contribution in [0.25, 0.3) is 0 Å². The van der Waals surface area contributed by atoms with Gasteiger partial charge >= 0.3 is 0 Å². The molecule has 0 heterocycles. The van der Waals surface area contributed by atoms with Crippen LogP contribution in [0.5, 0.6) is 0 Å². The molecule has 0 amide bonds. The number of benzene rings is 1. The van der Waals surface area contributed by atoms with Crippen LogP contribution < -0.4 is 0 Å². The van der Waals surface area contributed by atoms with E-state index in [0.717, 1.165) is 11.8 Å². The number of carbonyl (C=O) groups excluding carboxylic acids is 1. The van der Waals surface area contributed by atoms with Gasteiger partial charge in [-0.2, -0.15) is 11.8 Å². The molecule has 0 fully saturated rings. The Hall–Kier alpha value is -0.900. The molecule has 0 aromatic heterocycles. The van der Waals surface area contributed by atoms with E-state index >= 15 is 0 Å². The summed E-state index contributed by atoms with van der Waals surface area (Å²) in [7, 11) is 0. The summed E-state index contributed by atoms with van der Waals surface area (Å²) in [6, 6.07) is 3.31. The number of Topliss-reactive ketones (excluding diaryl/α,β-unsaturated/α-hetero) is 1. The predicted molar refractivity (Wildman–Crippen MR) is 67.2 cm³/mol. The van der Waals surface area contributed by atoms with Crippen molar-refractivity contribution in [3.8, 4) is 0 Å². The Morgan fingerprint density at radius 1 is 1.35 bits per heavy atom. The molecule has 4 heteroatoms. The Labute approximate surface area is 105 Å². The van der Waals surface area contributed by atoms with E-state index in [2.05, 4.69) is 13.8 Å². The summed E-state index contributed by atoms with van der Waals surface area (Å²) >= 11 is 1.55. The van der Waals surface area contributed by atoms with E-state index in [1.165, 1.54) is 12.1 Å². The largest absolute Gasteiger partial charge is 0.298 e. The van der Waals surface area contributed by atoms with Crippen molar-refractivity contribution in [3.63, 3.8) is 0 Å². The second-order valence-electron chi connectivity index (χ2n) is 4.36. The fraction of sp³-hybridized carbons (Fsp3) is 0.462. The molecule has 1 nitrogen and oxygen atoms in total. The van der Waals surface area contributed by atoms with Crippen molar-refractivity contribution in [2.75, 3.05) is 11.5 Å². The van der Waals surface area contributed by atoms with Crippen molar-refractivity contribution >= 4 is 17.5 Å². The third kappa shape index (κ3) is 5.31. The lowest BCUT2D eigenvalue weighted by atomic mass is 10.1. The van der Waals surface area contributed by atoms with Gasteiger partial charge in [0.05, 0.1) is 5.75 Å². The Morgan fingerprint density at radius 2 is 2.06 bits per heavy atom. The van der Waals surface area contributed by atoms with Crippen LogP contribution in [0.1, 0.15) is 19.4 Å². The molecule has 0 aliphatic rings. The first-order valence-corrected chi connectivity index (χ1v) is 6.68. The Bertz CT molecular complexity index is 391. The smallest absolute Gasteiger partial charge is 0.147 e. The van der Waals surface area contributed by atoms with Crippen LogP contribution in [0, 0.1) is 17.6 Å². The number of hydrogen-bond donors (Lipinski definition) is 0. The molecule has 0 radical (unpaired) electrons. The monoisotopic (exact) mass is 258 g/mol. The van der Waals surface area contributed by atoms with Crippen molar-refractivity contribution in [3.05, 3.63) is 35.4 Å². The summed E-state index contributed by atoms with van der Waals surface area (Å²) < 4.78 is 25.9. The summed E-state index contributed by atoms with van der Waals surface area (Å²) in [5.74, 6) is 0.545. The summed E-state index contributed by atoms with van der Waals surface area (Å²) in [5.41, 5.74) is 0.265. The Balaban J connectivity index is 2.45. The van der Waals surface area contributed by atoms with Gasteiger partial charge in [-0.3, -0.25) is 4.79 Å². The zero-order valence-corrected chi connectivity index (χ0v) is 10.8. The maximum Gasteiger partial charge on any atom is 0.147 e. The van der Waals surface area contributed by atoms with Gasteiger partial charge in [0.15, 0.2) is 0 Å². The number of ketones is 1. The molecule has 0 saturated carbocycles. The van der Waals surface area contributed by atoms with E-state index in [1.54, 1.807) is 11.8 Å². The lowest BCUT2D eigenvalue weighted by Crippen LogP contribution is -2.08. The fourth-order valence-electron chi connectivity index (χ4n) is 1.34. The topological polar surface area (TPSA) is 17.1 Å². The van der Waals surface area contributed by atoms with E-state index in [-0.39, 0.29) is 17.8 Å². The molecule has 0 unspecified atom stereocenters. The highest BCUT2D eigenvalue weighted by atomic mass is 32.2. The molecular formula is C13H16F2OS. The molecule has 1 aromatic rings. The number of carbonyl (C=O) groups is 1. The average Bonchev–Trinajstić information content (AvgIpc) is 2.21. The van der Waals surface area contributed by atoms with Gasteiger partial charge in [0.2, 0.25) is 0 Å². The fourth-order valence-corrected chi connectivity index (χ4v) is 2.26. The first kappa shape index (κ1) is 14.2. The Morgan fingerprint density at radius 3 is 2.65 bits per heavy atom. The van der Waals surface area contributed by atoms with E-state index in [1.807, 2.05) is 0 Å². The summed E-state index contributed by atoms with van der Waals surface area (Å²) in [6.07, 6.45) is 0.0389. The molecule has 94 valence electrons. The van der Waals surface area contributed by atoms with Crippen molar-refractivity contribution in [2.24, 2.45) is 5.92 Å². The molecule has 0 N–H and O–H groups in total. The minimum absolute atomic E-state index is 0.0267. The van der Waals surface area contributed by atoms with E-state index < -0.39 is 11.6 Å². The van der Waals surface area contributed by atoms with E-state index in [4.69, 9.17) is 0 Å². The van der Waals surface area contributed by atoms with Crippen molar-refractivity contribution in [2.45, 2.75) is 20.3 Å². The molecule has 0 aliphatic heterocycles. The van der Waals surface area contributed by atoms with Crippen molar-refractivity contribution in [1.29, 1.82) is 0 Å². The highest BCUT2D eigenvalue weighted by Crippen LogP contribution is 2.13. The van der Waals surface area contributed by atoms with Crippen LogP contribution >= 0.6 is 11.8 Å². The van der Waals surface area contributed by atoms with Gasteiger partial charge in [-0.05, 0) is 23.3 Å². The average molecular weight is 258 g/mol. The quantitative estimate of drug-likeness (QED) is 0.777. The first-order valence-electron chi connectivity index (χ1n) is 5.52. The number of hydrogen-bond acceptors (Lipinski definition) is 2. The maximum absolute atomic E-state index is 13.3. The molecular weight excluding hydrogens is 242 g/mol. The number of rotatable bonds is 6. The lowest BCUT2D eigenvalue weighted by Gasteiger charge is -2.05. The zero-order chi connectivity index (χ0) is 12.8. The third-order valence-electron chi connectivity index (χ3n) is 2.12. The molecule has 0 atom stereocenters. The highest BCUT2D eigenvalue weighted by Gasteiger charge is 2.09. The first-order chi connectivity index (χ1) is 7.99. The molecule has 0 spiro atoms. The standard InChI is InChI=1S/C13H16F2OS/c1-9(2)7-17-8-12(16)5-10-3-4-11(14)6-13(10)15/h3-4,6,9H,5,7-8H2,1-2H3. The van der Waals surface area contributed by atoms with Gasteiger partial charge < -0.3 is 0 Å². The van der Waals surface area contributed by atoms with Crippen LogP contribution in [0.15, 0.2) is 18.2 Å². The third-order valence-corrected chi connectivity index (χ3v) is 3.55. The summed E-state index contributed by atoms with van der Waals surface area (Å²) in [5, 5.41) is 0. The zero-order valence-electron chi connectivity index (χ0n) is 10.0. The van der Waals surface area contributed by atoms with Crippen LogP contribution in [0.3, 0.4) is 0 Å². The number of halogens is 2. The maximum atomic E-state index is 13.3. The molecule has 0 bridgehead atoms. The van der Waals surface area contributed by atoms with Crippen LogP contribution in [0.4, 0.5) is 8.78 Å². The summed E-state index contributed by atoms with van der Waals surface area (Å²) in [6.45, 7) is 4.16. The van der Waals surface area contributed by atoms with E-state index in [9.17, 15) is 13.6 Å². The molecule has 1 aromatic carbocycles. The second kappa shape index (κ2) is 6.74. The van der Waals surface area contributed by atoms with E-state index in [0.29, 0.717) is 11.7 Å². The van der Waals surface area contributed by atoms with Crippen molar-refractivity contribution < 1.29 is 13.6 Å². The van der Waals surface area contributed by atoms with Crippen LogP contribution in [0.2, 0.25) is 0 Å². The van der Waals surface area contributed by atoms with Gasteiger partial charge in [-0.1, -0.05) is 19.9 Å². The summed E-state index contributed by atoms with van der Waals surface area (Å²) in [4.78, 5) is 11.5. The second-order valence-corrected chi connectivity index (χ2v) is 5.39. The van der Waals surface area contributed by atoms with Gasteiger partial charge in [0, 0.05) is 12.5 Å². The van der Waals surface area contributed by atoms with Crippen molar-refractivity contribution in [1.82, 2.24) is 0 Å². The normalized spacial score (nSPS) is 10.9. The SMILES string of the molecule is CC(C)CSCC(=O)Cc1ccc(F)cc1F. The number of thioether (sulfide) groups is 1. The predicted octanol–water partition coefficient (Wildman–Crippen LogP) is 3.47. The highest BCUT2D eigenvalue weighted by molar-refractivity contribution is 7.99. The van der Waals surface area contributed by atoms with Crippen LogP contribution in [-0.2, 0) is 11.2 Å². The molecule has 0 aliphatic carbocycles. The van der Waals surface area contributed by atoms with Gasteiger partial charge in [0.1, 0.15) is 17.4 Å². The molecule has 17 heavy (non-hydrogen) atoms. The minimum Gasteiger partial charge on any atom is -0.298 e.